The zero-order chi connectivity index (χ0) is 36.7. The van der Waals surface area contributed by atoms with Crippen LogP contribution >= 0.6 is 0 Å². The number of aliphatic hydroxyl groups is 1. The van der Waals surface area contributed by atoms with Gasteiger partial charge in [-0.2, -0.15) is 0 Å². The molecule has 12 heteroatoms. The van der Waals surface area contributed by atoms with Crippen molar-refractivity contribution >= 4 is 28.4 Å². The van der Waals surface area contributed by atoms with Gasteiger partial charge in [-0.25, -0.2) is 4.39 Å². The van der Waals surface area contributed by atoms with Crippen molar-refractivity contribution in [2.24, 2.45) is 0 Å². The quantitative estimate of drug-likeness (QED) is 0.142. The van der Waals surface area contributed by atoms with E-state index in [2.05, 4.69) is 54.9 Å². The maximum absolute atomic E-state index is 12.4. The lowest BCUT2D eigenvalue weighted by molar-refractivity contribution is -0.385. The van der Waals surface area contributed by atoms with Crippen molar-refractivity contribution in [3.8, 4) is 0 Å². The number of rotatable bonds is 4. The van der Waals surface area contributed by atoms with Crippen LogP contribution in [-0.4, -0.2) is 59.8 Å². The Morgan fingerprint density at radius 2 is 1.20 bits per heavy atom. The van der Waals surface area contributed by atoms with Gasteiger partial charge in [-0.05, 0) is 135 Å². The Balaban J connectivity index is 0.000000232. The molecule has 0 radical (unpaired) electrons. The van der Waals surface area contributed by atoms with E-state index in [1.165, 1.54) is 69.8 Å². The third-order valence-electron chi connectivity index (χ3n) is 9.06. The smallest absolute Gasteiger partial charge is 0.272 e. The first-order chi connectivity index (χ1) is 23.3. The molecule has 0 saturated carbocycles. The van der Waals surface area contributed by atoms with Gasteiger partial charge in [-0.3, -0.25) is 20.2 Å². The Kier molecular flexibility index (Phi) is 16.9. The number of anilines is 3. The van der Waals surface area contributed by atoms with Gasteiger partial charge in [0.1, 0.15) is 5.82 Å². The fraction of sp³-hybridized carbons (Fsp3) is 0.514. The lowest BCUT2D eigenvalue weighted by Gasteiger charge is -2.24. The molecule has 3 aromatic rings. The minimum absolute atomic E-state index is 0.0496. The number of aliphatic hydroxyl groups excluding tert-OH is 1. The van der Waals surface area contributed by atoms with Gasteiger partial charge in [-0.1, -0.05) is 0 Å². The van der Waals surface area contributed by atoms with E-state index >= 15 is 0 Å². The predicted octanol–water partition coefficient (Wildman–Crippen LogP) is 7.87. The van der Waals surface area contributed by atoms with Crippen molar-refractivity contribution in [3.05, 3.63) is 97.3 Å². The normalized spacial score (nSPS) is 19.2. The molecule has 11 nitrogen and oxygen atoms in total. The molecule has 0 aromatic heterocycles. The van der Waals surface area contributed by atoms with Crippen molar-refractivity contribution in [2.45, 2.75) is 98.2 Å². The molecule has 3 heterocycles. The Labute approximate surface area is 290 Å². The number of nitro groups is 2. The van der Waals surface area contributed by atoms with E-state index in [9.17, 15) is 24.6 Å². The molecule has 0 aliphatic carbocycles. The van der Waals surface area contributed by atoms with Crippen LogP contribution in [-0.2, 0) is 0 Å². The predicted molar refractivity (Wildman–Crippen MR) is 198 cm³/mol. The fourth-order valence-electron chi connectivity index (χ4n) is 6.18. The maximum atomic E-state index is 12.4. The third-order valence-corrected chi connectivity index (χ3v) is 9.06. The standard InChI is InChI=1S/C12H16N2O2.C12H18N2.C7H6FNO2.C5H11N.CH4O/c1-9-8-11(5-6-12(9)14(15)16)13-7-3-4-10(13)2;1-9-8-11(5-6-12(9)13)14-7-3-4-10(14)2;1-5-4-6(8)2-3-7(5)9(10)11;1-5-3-2-4-6-5;1-2/h5-6,8,10H,3-4,7H2,1-2H3;5-6,8,10H,3-4,7,13H2,1-2H3;2-4H,1H3;5-6H,2-4H2,1H3;2H,1H3/t2*10-;;5-;/m00.0./s1. The van der Waals surface area contributed by atoms with E-state index in [0.29, 0.717) is 17.6 Å². The van der Waals surface area contributed by atoms with E-state index in [1.54, 1.807) is 13.0 Å². The number of nitrogen functional groups attached to an aromatic ring is 1. The van der Waals surface area contributed by atoms with Gasteiger partial charge in [0, 0.05) is 78.6 Å². The highest BCUT2D eigenvalue weighted by Crippen LogP contribution is 2.30. The molecule has 0 unspecified atom stereocenters. The number of nitrogens with one attached hydrogen (secondary N) is 1. The average Bonchev–Trinajstić information content (AvgIpc) is 3.83. The Morgan fingerprint density at radius 1 is 0.735 bits per heavy atom. The molecule has 3 atom stereocenters. The molecule has 0 bridgehead atoms. The zero-order valence-electron chi connectivity index (χ0n) is 30.1. The van der Waals surface area contributed by atoms with Crippen LogP contribution in [0.2, 0.25) is 0 Å². The number of nitro benzene ring substituents is 2. The highest BCUT2D eigenvalue weighted by atomic mass is 19.1. The molecule has 3 aromatic carbocycles. The van der Waals surface area contributed by atoms with Gasteiger partial charge < -0.3 is 26.0 Å². The second kappa shape index (κ2) is 20.3. The van der Waals surface area contributed by atoms with Crippen LogP contribution < -0.4 is 20.9 Å². The SMILES string of the molecule is CO.C[C@H]1CCCN1.Cc1cc(F)ccc1[N+](=O)[O-].Cc1cc(N2CCC[C@@H]2C)ccc1N.Cc1cc(N2CCC[C@@H]2C)ccc1[N+](=O)[O-]. The highest BCUT2D eigenvalue weighted by molar-refractivity contribution is 5.59. The summed E-state index contributed by atoms with van der Waals surface area (Å²) in [7, 11) is 1.00. The largest absolute Gasteiger partial charge is 0.400 e. The molecular weight excluding hydrogens is 627 g/mol. The number of hydrogen-bond donors (Lipinski definition) is 3. The molecule has 3 saturated heterocycles. The molecule has 3 aliphatic rings. The number of nitrogens with two attached hydrogens (primary N) is 1. The zero-order valence-corrected chi connectivity index (χ0v) is 30.1. The van der Waals surface area contributed by atoms with Crippen molar-refractivity contribution in [2.75, 3.05) is 42.3 Å². The van der Waals surface area contributed by atoms with E-state index in [0.717, 1.165) is 54.8 Å². The van der Waals surface area contributed by atoms with Gasteiger partial charge in [0.2, 0.25) is 0 Å². The number of hydrogen-bond acceptors (Lipinski definition) is 9. The topological polar surface area (TPSA) is 151 Å². The summed E-state index contributed by atoms with van der Waals surface area (Å²) in [5.74, 6) is -0.451. The lowest BCUT2D eigenvalue weighted by atomic mass is 10.1. The molecule has 49 heavy (non-hydrogen) atoms. The van der Waals surface area contributed by atoms with Gasteiger partial charge in [0.05, 0.1) is 9.85 Å². The van der Waals surface area contributed by atoms with Gasteiger partial charge in [0.15, 0.2) is 0 Å². The minimum atomic E-state index is -0.533. The second-order valence-electron chi connectivity index (χ2n) is 12.8. The molecule has 3 fully saturated rings. The Hall–Kier alpha value is -4.29. The summed E-state index contributed by atoms with van der Waals surface area (Å²) in [5, 5.41) is 31.2. The summed E-state index contributed by atoms with van der Waals surface area (Å²) in [6.45, 7) is 15.6. The number of halogens is 1. The molecule has 270 valence electrons. The van der Waals surface area contributed by atoms with E-state index in [1.807, 2.05) is 18.2 Å². The minimum Gasteiger partial charge on any atom is -0.400 e. The van der Waals surface area contributed by atoms with Crippen LogP contribution in [0.4, 0.5) is 32.8 Å². The summed E-state index contributed by atoms with van der Waals surface area (Å²) in [4.78, 5) is 24.8. The first-order valence-corrected chi connectivity index (χ1v) is 17.0. The lowest BCUT2D eigenvalue weighted by Crippen LogP contribution is -2.26. The summed E-state index contributed by atoms with van der Waals surface area (Å²) >= 11 is 0. The molecule has 0 spiro atoms. The van der Waals surface area contributed by atoms with Crippen LogP contribution in [0.5, 0.6) is 0 Å². The molecule has 3 aliphatic heterocycles. The Morgan fingerprint density at radius 3 is 1.55 bits per heavy atom. The molecule has 6 rings (SSSR count). The molecule has 4 N–H and O–H groups in total. The van der Waals surface area contributed by atoms with Crippen molar-refractivity contribution in [1.29, 1.82) is 0 Å². The summed E-state index contributed by atoms with van der Waals surface area (Å²) in [5.41, 5.74) is 11.5. The summed E-state index contributed by atoms with van der Waals surface area (Å²) in [6, 6.07) is 17.1. The van der Waals surface area contributed by atoms with Gasteiger partial charge >= 0.3 is 0 Å². The van der Waals surface area contributed by atoms with Crippen molar-refractivity contribution in [3.63, 3.8) is 0 Å². The monoisotopic (exact) mass is 682 g/mol. The van der Waals surface area contributed by atoms with Crippen LogP contribution in [0.3, 0.4) is 0 Å². The Bertz CT molecular complexity index is 1500. The van der Waals surface area contributed by atoms with Crippen LogP contribution in [0.15, 0.2) is 54.6 Å². The second-order valence-corrected chi connectivity index (χ2v) is 12.8. The van der Waals surface area contributed by atoms with Crippen LogP contribution in [0.25, 0.3) is 0 Å². The number of benzene rings is 3. The van der Waals surface area contributed by atoms with Gasteiger partial charge in [-0.15, -0.1) is 0 Å². The fourth-order valence-corrected chi connectivity index (χ4v) is 6.18. The maximum Gasteiger partial charge on any atom is 0.272 e. The average molecular weight is 683 g/mol. The first kappa shape index (κ1) is 40.9. The third kappa shape index (κ3) is 12.6. The molecule has 0 amide bonds. The summed E-state index contributed by atoms with van der Waals surface area (Å²) < 4.78 is 12.4. The first-order valence-electron chi connectivity index (χ1n) is 17.0. The highest BCUT2D eigenvalue weighted by Gasteiger charge is 2.22. The van der Waals surface area contributed by atoms with E-state index in [4.69, 9.17) is 10.8 Å². The molecular formula is C37H55FN6O5. The number of nitrogens with zero attached hydrogens (tertiary/aromatic N) is 4. The van der Waals surface area contributed by atoms with E-state index < -0.39 is 10.7 Å². The number of aryl methyl sites for hydroxylation is 3. The summed E-state index contributed by atoms with van der Waals surface area (Å²) in [6.07, 6.45) is 7.78. The van der Waals surface area contributed by atoms with E-state index in [-0.39, 0.29) is 16.3 Å². The van der Waals surface area contributed by atoms with Crippen LogP contribution in [0.1, 0.15) is 76.0 Å². The van der Waals surface area contributed by atoms with Crippen molar-refractivity contribution < 1.29 is 19.3 Å². The van der Waals surface area contributed by atoms with Crippen molar-refractivity contribution in [1.82, 2.24) is 5.32 Å². The van der Waals surface area contributed by atoms with Gasteiger partial charge in [0.25, 0.3) is 11.4 Å². The van der Waals surface area contributed by atoms with Crippen LogP contribution in [0, 0.1) is 46.8 Å².